The molecule has 0 saturated carbocycles. The first-order chi connectivity index (χ1) is 9.86. The Morgan fingerprint density at radius 2 is 2.19 bits per heavy atom. The van der Waals surface area contributed by atoms with Crippen LogP contribution in [0.15, 0.2) is 6.20 Å². The van der Waals surface area contributed by atoms with E-state index in [2.05, 4.69) is 37.0 Å². The van der Waals surface area contributed by atoms with E-state index < -0.39 is 0 Å². The molecule has 1 saturated heterocycles. The van der Waals surface area contributed by atoms with Crippen molar-refractivity contribution in [2.75, 3.05) is 33.4 Å². The molecule has 1 aliphatic rings. The predicted octanol–water partition coefficient (Wildman–Crippen LogP) is 1.69. The molecule has 1 aliphatic heterocycles. The summed E-state index contributed by atoms with van der Waals surface area (Å²) in [5.74, 6) is 0.624. The van der Waals surface area contributed by atoms with E-state index in [0.717, 1.165) is 25.4 Å². The van der Waals surface area contributed by atoms with E-state index in [1.54, 1.807) is 7.11 Å². The third-order valence-corrected chi connectivity index (χ3v) is 4.31. The van der Waals surface area contributed by atoms with Crippen LogP contribution in [0, 0.1) is 5.92 Å². The van der Waals surface area contributed by atoms with Crippen LogP contribution in [0.4, 0.5) is 0 Å². The highest BCUT2D eigenvalue weighted by Crippen LogP contribution is 2.33. The standard InChI is InChI=1S/C16H30N4O/c1-16(2,3)15-13(10-19(4)18-15)14(8-17)20-7-6-12(9-20)11-21-5/h10,12,14H,6-9,11,17H2,1-5H3. The minimum atomic E-state index is 0.0374. The van der Waals surface area contributed by atoms with Crippen LogP contribution in [0.5, 0.6) is 0 Å². The van der Waals surface area contributed by atoms with Gasteiger partial charge < -0.3 is 10.5 Å². The van der Waals surface area contributed by atoms with Crippen molar-refractivity contribution in [3.05, 3.63) is 17.5 Å². The molecular weight excluding hydrogens is 264 g/mol. The molecule has 0 spiro atoms. The molecule has 0 aromatic carbocycles. The van der Waals surface area contributed by atoms with Crippen LogP contribution in [0.1, 0.15) is 44.5 Å². The average molecular weight is 294 g/mol. The van der Waals surface area contributed by atoms with Gasteiger partial charge in [0, 0.05) is 44.4 Å². The van der Waals surface area contributed by atoms with Crippen molar-refractivity contribution in [1.29, 1.82) is 0 Å². The summed E-state index contributed by atoms with van der Waals surface area (Å²) < 4.78 is 7.22. The molecule has 1 fully saturated rings. The van der Waals surface area contributed by atoms with Crippen molar-refractivity contribution in [2.24, 2.45) is 18.7 Å². The number of methoxy groups -OCH3 is 1. The Kier molecular flexibility index (Phi) is 5.07. The van der Waals surface area contributed by atoms with Gasteiger partial charge in [-0.2, -0.15) is 5.10 Å². The summed E-state index contributed by atoms with van der Waals surface area (Å²) in [5.41, 5.74) is 8.60. The maximum Gasteiger partial charge on any atom is 0.0726 e. The number of nitrogens with two attached hydrogens (primary N) is 1. The molecule has 2 atom stereocenters. The zero-order chi connectivity index (χ0) is 15.6. The van der Waals surface area contributed by atoms with Crippen molar-refractivity contribution < 1.29 is 4.74 Å². The van der Waals surface area contributed by atoms with Gasteiger partial charge in [-0.15, -0.1) is 0 Å². The fourth-order valence-electron chi connectivity index (χ4n) is 3.32. The third-order valence-electron chi connectivity index (χ3n) is 4.31. The molecule has 120 valence electrons. The van der Waals surface area contributed by atoms with Crippen LogP contribution in [-0.2, 0) is 17.2 Å². The molecule has 2 rings (SSSR count). The summed E-state index contributed by atoms with van der Waals surface area (Å²) in [5, 5.41) is 4.69. The molecular formula is C16H30N4O. The van der Waals surface area contributed by atoms with Crippen molar-refractivity contribution >= 4 is 0 Å². The monoisotopic (exact) mass is 294 g/mol. The maximum atomic E-state index is 6.12. The molecule has 0 amide bonds. The summed E-state index contributed by atoms with van der Waals surface area (Å²) in [6, 6.07) is 0.259. The molecule has 0 bridgehead atoms. The van der Waals surface area contributed by atoms with Crippen molar-refractivity contribution in [3.63, 3.8) is 0 Å². The van der Waals surface area contributed by atoms with Crippen LogP contribution in [0.3, 0.4) is 0 Å². The lowest BCUT2D eigenvalue weighted by Gasteiger charge is -2.29. The van der Waals surface area contributed by atoms with Crippen LogP contribution in [-0.4, -0.2) is 48.0 Å². The smallest absolute Gasteiger partial charge is 0.0726 e. The van der Waals surface area contributed by atoms with Gasteiger partial charge in [0.15, 0.2) is 0 Å². The third kappa shape index (κ3) is 3.65. The van der Waals surface area contributed by atoms with Crippen LogP contribution < -0.4 is 5.73 Å². The molecule has 1 aromatic rings. The Hall–Kier alpha value is -0.910. The number of aromatic nitrogens is 2. The van der Waals surface area contributed by atoms with E-state index in [0.29, 0.717) is 12.5 Å². The van der Waals surface area contributed by atoms with E-state index in [-0.39, 0.29) is 11.5 Å². The largest absolute Gasteiger partial charge is 0.384 e. The average Bonchev–Trinajstić information content (AvgIpc) is 2.98. The Labute approximate surface area is 128 Å². The lowest BCUT2D eigenvalue weighted by atomic mass is 9.87. The van der Waals surface area contributed by atoms with Gasteiger partial charge in [-0.1, -0.05) is 20.8 Å². The number of nitrogens with zero attached hydrogens (tertiary/aromatic N) is 3. The van der Waals surface area contributed by atoms with Crippen LogP contribution in [0.25, 0.3) is 0 Å². The molecule has 5 nitrogen and oxygen atoms in total. The number of hydrogen-bond donors (Lipinski definition) is 1. The SMILES string of the molecule is COCC1CCN(C(CN)c2cn(C)nc2C(C)(C)C)C1. The molecule has 2 N–H and O–H groups in total. The van der Waals surface area contributed by atoms with Crippen molar-refractivity contribution in [1.82, 2.24) is 14.7 Å². The Morgan fingerprint density at radius 1 is 1.48 bits per heavy atom. The first kappa shape index (κ1) is 16.5. The number of aryl methyl sites for hydroxylation is 1. The van der Waals surface area contributed by atoms with Gasteiger partial charge in [-0.05, 0) is 18.9 Å². The first-order valence-corrected chi connectivity index (χ1v) is 7.84. The number of ether oxygens (including phenoxy) is 1. The van der Waals surface area contributed by atoms with Gasteiger partial charge >= 0.3 is 0 Å². The second-order valence-corrected chi connectivity index (χ2v) is 7.21. The molecule has 21 heavy (non-hydrogen) atoms. The minimum absolute atomic E-state index is 0.0374. The molecule has 0 radical (unpaired) electrons. The maximum absolute atomic E-state index is 6.12. The van der Waals surface area contributed by atoms with Gasteiger partial charge in [-0.25, -0.2) is 0 Å². The van der Waals surface area contributed by atoms with Gasteiger partial charge in [0.2, 0.25) is 0 Å². The lowest BCUT2D eigenvalue weighted by molar-refractivity contribution is 0.147. The summed E-state index contributed by atoms with van der Waals surface area (Å²) >= 11 is 0. The lowest BCUT2D eigenvalue weighted by Crippen LogP contribution is -2.34. The molecule has 0 aliphatic carbocycles. The highest BCUT2D eigenvalue weighted by molar-refractivity contribution is 5.28. The topological polar surface area (TPSA) is 56.3 Å². The number of rotatable bonds is 5. The predicted molar refractivity (Wildman–Crippen MR) is 85.3 cm³/mol. The van der Waals surface area contributed by atoms with E-state index >= 15 is 0 Å². The highest BCUT2D eigenvalue weighted by Gasteiger charge is 2.33. The Balaban J connectivity index is 2.23. The fraction of sp³-hybridized carbons (Fsp3) is 0.812. The molecule has 2 unspecified atom stereocenters. The quantitative estimate of drug-likeness (QED) is 0.898. The molecule has 1 aromatic heterocycles. The van der Waals surface area contributed by atoms with E-state index in [9.17, 15) is 0 Å². The Bertz CT molecular complexity index is 463. The van der Waals surface area contributed by atoms with Crippen molar-refractivity contribution in [3.8, 4) is 0 Å². The fourth-order valence-corrected chi connectivity index (χ4v) is 3.32. The van der Waals surface area contributed by atoms with E-state index in [1.165, 1.54) is 12.0 Å². The second-order valence-electron chi connectivity index (χ2n) is 7.21. The minimum Gasteiger partial charge on any atom is -0.384 e. The summed E-state index contributed by atoms with van der Waals surface area (Å²) in [6.07, 6.45) is 3.33. The summed E-state index contributed by atoms with van der Waals surface area (Å²) in [4.78, 5) is 2.50. The van der Waals surface area contributed by atoms with Crippen molar-refractivity contribution in [2.45, 2.75) is 38.6 Å². The summed E-state index contributed by atoms with van der Waals surface area (Å²) in [7, 11) is 3.77. The van der Waals surface area contributed by atoms with Gasteiger partial charge in [-0.3, -0.25) is 9.58 Å². The van der Waals surface area contributed by atoms with Gasteiger partial charge in [0.05, 0.1) is 18.3 Å². The zero-order valence-electron chi connectivity index (χ0n) is 14.1. The van der Waals surface area contributed by atoms with Gasteiger partial charge in [0.1, 0.15) is 0 Å². The van der Waals surface area contributed by atoms with E-state index in [1.807, 2.05) is 11.7 Å². The van der Waals surface area contributed by atoms with Gasteiger partial charge in [0.25, 0.3) is 0 Å². The first-order valence-electron chi connectivity index (χ1n) is 7.84. The van der Waals surface area contributed by atoms with Crippen LogP contribution >= 0.6 is 0 Å². The normalized spacial score (nSPS) is 21.9. The van der Waals surface area contributed by atoms with E-state index in [4.69, 9.17) is 10.5 Å². The summed E-state index contributed by atoms with van der Waals surface area (Å²) in [6.45, 7) is 10.3. The molecule has 5 heteroatoms. The number of likely N-dealkylation sites (tertiary alicyclic amines) is 1. The zero-order valence-corrected chi connectivity index (χ0v) is 14.1. The highest BCUT2D eigenvalue weighted by atomic mass is 16.5. The Morgan fingerprint density at radius 3 is 2.76 bits per heavy atom. The molecule has 2 heterocycles. The number of hydrogen-bond acceptors (Lipinski definition) is 4. The second kappa shape index (κ2) is 6.46. The van der Waals surface area contributed by atoms with Crippen LogP contribution in [0.2, 0.25) is 0 Å².